The van der Waals surface area contributed by atoms with Crippen LogP contribution in [0.15, 0.2) is 0 Å². The highest BCUT2D eigenvalue weighted by Gasteiger charge is 2.11. The average molecular weight is 329 g/mol. The lowest BCUT2D eigenvalue weighted by Gasteiger charge is -2.05. The average Bonchev–Trinajstić information content (AvgIpc) is 2.54. The summed E-state index contributed by atoms with van der Waals surface area (Å²) in [7, 11) is 0. The number of carboxylic acids is 1. The van der Waals surface area contributed by atoms with E-state index in [2.05, 4.69) is 6.92 Å². The molecule has 0 heterocycles. The van der Waals surface area contributed by atoms with Crippen LogP contribution in [-0.2, 0) is 4.79 Å². The minimum Gasteiger partial charge on any atom is -0.479 e. The highest BCUT2D eigenvalue weighted by molar-refractivity contribution is 5.71. The summed E-state index contributed by atoms with van der Waals surface area (Å²) >= 11 is 0. The third kappa shape index (κ3) is 17.6. The molecule has 3 heteroatoms. The maximum atomic E-state index is 10.4. The van der Waals surface area contributed by atoms with E-state index < -0.39 is 12.1 Å². The number of carbonyl (C=O) groups is 1. The molecule has 0 aromatic carbocycles. The van der Waals surface area contributed by atoms with Gasteiger partial charge in [-0.15, -0.1) is 0 Å². The second kappa shape index (κ2) is 17.8. The van der Waals surface area contributed by atoms with E-state index in [1.165, 1.54) is 89.9 Å². The normalized spacial score (nSPS) is 12.4. The molecule has 0 rings (SSSR count). The van der Waals surface area contributed by atoms with E-state index in [9.17, 15) is 4.79 Å². The van der Waals surface area contributed by atoms with Gasteiger partial charge in [-0.1, -0.05) is 110 Å². The Morgan fingerprint density at radius 3 is 1.26 bits per heavy atom. The van der Waals surface area contributed by atoms with E-state index in [1.807, 2.05) is 0 Å². The maximum absolute atomic E-state index is 10.4. The topological polar surface area (TPSA) is 57.5 Å². The first-order chi connectivity index (χ1) is 11.2. The van der Waals surface area contributed by atoms with Gasteiger partial charge in [-0.2, -0.15) is 0 Å². The molecule has 1 atom stereocenters. The number of hydrogen-bond donors (Lipinski definition) is 2. The van der Waals surface area contributed by atoms with E-state index in [1.54, 1.807) is 0 Å². The van der Waals surface area contributed by atoms with Gasteiger partial charge in [0, 0.05) is 0 Å². The molecule has 2 N–H and O–H groups in total. The Bertz CT molecular complexity index is 253. The van der Waals surface area contributed by atoms with Crippen LogP contribution in [0.4, 0.5) is 0 Å². The van der Waals surface area contributed by atoms with Gasteiger partial charge < -0.3 is 10.2 Å². The summed E-state index contributed by atoms with van der Waals surface area (Å²) < 4.78 is 0. The molecule has 0 aliphatic heterocycles. The van der Waals surface area contributed by atoms with Crippen LogP contribution in [0.3, 0.4) is 0 Å². The van der Waals surface area contributed by atoms with Crippen molar-refractivity contribution < 1.29 is 15.0 Å². The molecule has 0 saturated heterocycles. The molecular weight excluding hydrogens is 288 g/mol. The number of unbranched alkanes of at least 4 members (excludes halogenated alkanes) is 15. The molecule has 0 unspecified atom stereocenters. The van der Waals surface area contributed by atoms with Gasteiger partial charge in [0.25, 0.3) is 0 Å². The SMILES string of the molecule is CCCCCCCCCCCCCCCCCC[C@H](O)C(=O)O. The van der Waals surface area contributed by atoms with Crippen LogP contribution in [0.2, 0.25) is 0 Å². The van der Waals surface area contributed by atoms with Gasteiger partial charge in [-0.25, -0.2) is 4.79 Å². The second-order valence-corrected chi connectivity index (χ2v) is 6.95. The smallest absolute Gasteiger partial charge is 0.332 e. The minimum absolute atomic E-state index is 0.397. The summed E-state index contributed by atoms with van der Waals surface area (Å²) in [6, 6.07) is 0. The first kappa shape index (κ1) is 22.4. The van der Waals surface area contributed by atoms with Crippen molar-refractivity contribution in [3.63, 3.8) is 0 Å². The molecule has 0 spiro atoms. The highest BCUT2D eigenvalue weighted by Crippen LogP contribution is 2.14. The molecule has 0 radical (unpaired) electrons. The van der Waals surface area contributed by atoms with Crippen LogP contribution >= 0.6 is 0 Å². The Kier molecular flexibility index (Phi) is 17.3. The summed E-state index contributed by atoms with van der Waals surface area (Å²) in [6.45, 7) is 2.27. The van der Waals surface area contributed by atoms with Crippen molar-refractivity contribution in [2.24, 2.45) is 0 Å². The first-order valence-corrected chi connectivity index (χ1v) is 10.1. The van der Waals surface area contributed by atoms with Crippen LogP contribution < -0.4 is 0 Å². The zero-order chi connectivity index (χ0) is 17.2. The van der Waals surface area contributed by atoms with Gasteiger partial charge >= 0.3 is 5.97 Å². The molecule has 0 aliphatic rings. The van der Waals surface area contributed by atoms with Gasteiger partial charge in [0.05, 0.1) is 0 Å². The predicted molar refractivity (Wildman–Crippen MR) is 97.8 cm³/mol. The van der Waals surface area contributed by atoms with E-state index >= 15 is 0 Å². The molecule has 23 heavy (non-hydrogen) atoms. The predicted octanol–water partition coefficient (Wildman–Crippen LogP) is 6.08. The molecule has 0 amide bonds. The Morgan fingerprint density at radius 1 is 0.652 bits per heavy atom. The molecule has 0 saturated carbocycles. The summed E-state index contributed by atoms with van der Waals surface area (Å²) in [5.74, 6) is -1.09. The fourth-order valence-corrected chi connectivity index (χ4v) is 3.01. The third-order valence-electron chi connectivity index (χ3n) is 4.62. The van der Waals surface area contributed by atoms with Crippen molar-refractivity contribution in [2.45, 2.75) is 122 Å². The Labute approximate surface area is 143 Å². The fourth-order valence-electron chi connectivity index (χ4n) is 3.01. The summed E-state index contributed by atoms with van der Waals surface area (Å²) in [5, 5.41) is 17.7. The van der Waals surface area contributed by atoms with Crippen molar-refractivity contribution >= 4 is 5.97 Å². The summed E-state index contributed by atoms with van der Waals surface area (Å²) in [5.41, 5.74) is 0. The van der Waals surface area contributed by atoms with Crippen molar-refractivity contribution in [1.29, 1.82) is 0 Å². The van der Waals surface area contributed by atoms with Gasteiger partial charge in [-0.3, -0.25) is 0 Å². The highest BCUT2D eigenvalue weighted by atomic mass is 16.4. The van der Waals surface area contributed by atoms with Gasteiger partial charge in [0.2, 0.25) is 0 Å². The van der Waals surface area contributed by atoms with Gasteiger partial charge in [0.1, 0.15) is 0 Å². The van der Waals surface area contributed by atoms with Crippen LogP contribution in [0.1, 0.15) is 116 Å². The monoisotopic (exact) mass is 328 g/mol. The number of aliphatic hydroxyl groups is 1. The Hall–Kier alpha value is -0.570. The second-order valence-electron chi connectivity index (χ2n) is 6.95. The molecule has 0 aromatic rings. The largest absolute Gasteiger partial charge is 0.479 e. The van der Waals surface area contributed by atoms with Crippen molar-refractivity contribution in [3.05, 3.63) is 0 Å². The van der Waals surface area contributed by atoms with Crippen molar-refractivity contribution in [3.8, 4) is 0 Å². The quantitative estimate of drug-likeness (QED) is 0.300. The first-order valence-electron chi connectivity index (χ1n) is 10.1. The van der Waals surface area contributed by atoms with Gasteiger partial charge in [0.15, 0.2) is 6.10 Å². The molecule has 0 bridgehead atoms. The molecule has 0 aliphatic carbocycles. The number of aliphatic hydroxyl groups excluding tert-OH is 1. The molecule has 138 valence electrons. The lowest BCUT2D eigenvalue weighted by atomic mass is 10.0. The molecule has 0 aromatic heterocycles. The molecular formula is C20H40O3. The maximum Gasteiger partial charge on any atom is 0.332 e. The van der Waals surface area contributed by atoms with Crippen LogP contribution in [0.25, 0.3) is 0 Å². The Balaban J connectivity index is 3.04. The van der Waals surface area contributed by atoms with Crippen LogP contribution in [-0.4, -0.2) is 22.3 Å². The standard InChI is InChI=1S/C20H40O3/c1-2-3-4-5-6-7-8-9-10-11-12-13-14-15-16-17-18-19(21)20(22)23/h19,21H,2-18H2,1H3,(H,22,23)/t19-/m0/s1. The zero-order valence-corrected chi connectivity index (χ0v) is 15.4. The summed E-state index contributed by atoms with van der Waals surface area (Å²) in [6.07, 6.45) is 20.2. The van der Waals surface area contributed by atoms with E-state index in [0.717, 1.165) is 12.8 Å². The number of hydrogen-bond acceptors (Lipinski definition) is 2. The van der Waals surface area contributed by atoms with Crippen molar-refractivity contribution in [2.75, 3.05) is 0 Å². The summed E-state index contributed by atoms with van der Waals surface area (Å²) in [4.78, 5) is 10.4. The Morgan fingerprint density at radius 2 is 0.957 bits per heavy atom. The third-order valence-corrected chi connectivity index (χ3v) is 4.62. The number of rotatable bonds is 18. The van der Waals surface area contributed by atoms with E-state index in [0.29, 0.717) is 6.42 Å². The minimum atomic E-state index is -1.17. The number of carboxylic acid groups (broad SMARTS) is 1. The lowest BCUT2D eigenvalue weighted by molar-refractivity contribution is -0.146. The van der Waals surface area contributed by atoms with Crippen LogP contribution in [0.5, 0.6) is 0 Å². The van der Waals surface area contributed by atoms with Crippen molar-refractivity contribution in [1.82, 2.24) is 0 Å². The zero-order valence-electron chi connectivity index (χ0n) is 15.4. The van der Waals surface area contributed by atoms with Crippen LogP contribution in [0, 0.1) is 0 Å². The van der Waals surface area contributed by atoms with E-state index in [-0.39, 0.29) is 0 Å². The number of aliphatic carboxylic acids is 1. The van der Waals surface area contributed by atoms with Gasteiger partial charge in [-0.05, 0) is 6.42 Å². The lowest BCUT2D eigenvalue weighted by Crippen LogP contribution is -2.18. The fraction of sp³-hybridized carbons (Fsp3) is 0.950. The molecule has 3 nitrogen and oxygen atoms in total. The van der Waals surface area contributed by atoms with E-state index in [4.69, 9.17) is 10.2 Å². The molecule has 0 fully saturated rings.